The maximum Gasteiger partial charge on any atom is 0.338 e. The molecule has 7 heteroatoms. The zero-order valence-corrected chi connectivity index (χ0v) is 9.52. The molecule has 0 radical (unpaired) electrons. The number of benzene rings is 1. The highest BCUT2D eigenvalue weighted by Crippen LogP contribution is 2.48. The summed E-state index contributed by atoms with van der Waals surface area (Å²) in [5.74, 6) is 0.239. The summed E-state index contributed by atoms with van der Waals surface area (Å²) >= 11 is 0. The van der Waals surface area contributed by atoms with Gasteiger partial charge in [-0.15, -0.1) is 0 Å². The van der Waals surface area contributed by atoms with E-state index in [1.807, 2.05) is 6.07 Å². The number of hydroxylamine groups is 2. The lowest BCUT2D eigenvalue weighted by molar-refractivity contribution is -0.384. The van der Waals surface area contributed by atoms with E-state index in [0.717, 1.165) is 12.0 Å². The molecule has 0 heterocycles. The lowest BCUT2D eigenvalue weighted by Gasteiger charge is -2.11. The molecule has 0 aromatic heterocycles. The number of nitro benzene ring substituents is 1. The molecule has 1 saturated carbocycles. The number of urea groups is 1. The van der Waals surface area contributed by atoms with E-state index in [2.05, 4.69) is 0 Å². The van der Waals surface area contributed by atoms with Crippen molar-refractivity contribution in [3.05, 3.63) is 39.9 Å². The van der Waals surface area contributed by atoms with E-state index < -0.39 is 11.0 Å². The highest BCUT2D eigenvalue weighted by atomic mass is 16.6. The Kier molecular flexibility index (Phi) is 3.15. The number of primary amides is 1. The fourth-order valence-corrected chi connectivity index (χ4v) is 2.04. The molecular weight excluding hydrogens is 238 g/mol. The van der Waals surface area contributed by atoms with Crippen molar-refractivity contribution in [2.45, 2.75) is 12.3 Å². The molecule has 0 saturated heterocycles. The number of amides is 2. The molecule has 2 amide bonds. The number of nitrogens with zero attached hydrogens (tertiary/aromatic N) is 2. The van der Waals surface area contributed by atoms with Crippen LogP contribution in [-0.4, -0.2) is 27.8 Å². The molecule has 96 valence electrons. The molecule has 18 heavy (non-hydrogen) atoms. The zero-order chi connectivity index (χ0) is 13.3. The van der Waals surface area contributed by atoms with Crippen molar-refractivity contribution in [2.75, 3.05) is 6.54 Å². The van der Waals surface area contributed by atoms with E-state index in [4.69, 9.17) is 5.73 Å². The first kappa shape index (κ1) is 12.3. The van der Waals surface area contributed by atoms with Crippen LogP contribution in [0, 0.1) is 16.0 Å². The molecule has 0 aliphatic heterocycles. The Morgan fingerprint density at radius 2 is 2.33 bits per heavy atom. The van der Waals surface area contributed by atoms with Crippen molar-refractivity contribution < 1.29 is 14.9 Å². The largest absolute Gasteiger partial charge is 0.350 e. The highest BCUT2D eigenvalue weighted by Gasteiger charge is 2.40. The molecule has 1 fully saturated rings. The average molecular weight is 251 g/mol. The smallest absolute Gasteiger partial charge is 0.338 e. The van der Waals surface area contributed by atoms with E-state index in [-0.39, 0.29) is 24.1 Å². The standard InChI is InChI=1S/C11H13N3O4/c12-11(15)13(16)6-8-5-10(8)7-2-1-3-9(4-7)14(17)18/h1-4,8,10,16H,5-6H2,(H2,12,15). The summed E-state index contributed by atoms with van der Waals surface area (Å²) in [6.45, 7) is 0.155. The van der Waals surface area contributed by atoms with Gasteiger partial charge in [-0.25, -0.2) is 9.86 Å². The Morgan fingerprint density at radius 1 is 1.61 bits per heavy atom. The van der Waals surface area contributed by atoms with Crippen LogP contribution in [-0.2, 0) is 0 Å². The molecule has 7 nitrogen and oxygen atoms in total. The van der Waals surface area contributed by atoms with Crippen LogP contribution in [0.2, 0.25) is 0 Å². The van der Waals surface area contributed by atoms with Gasteiger partial charge in [0, 0.05) is 12.1 Å². The minimum Gasteiger partial charge on any atom is -0.350 e. The van der Waals surface area contributed by atoms with Gasteiger partial charge in [0.05, 0.1) is 11.5 Å². The normalized spacial score (nSPS) is 21.4. The molecule has 3 N–H and O–H groups in total. The number of hydrogen-bond donors (Lipinski definition) is 2. The average Bonchev–Trinajstić information content (AvgIpc) is 3.08. The van der Waals surface area contributed by atoms with Gasteiger partial charge in [-0.3, -0.25) is 15.3 Å². The SMILES string of the molecule is NC(=O)N(O)CC1CC1c1cccc([N+](=O)[O-])c1. The number of hydrogen-bond acceptors (Lipinski definition) is 4. The summed E-state index contributed by atoms with van der Waals surface area (Å²) in [7, 11) is 0. The molecule has 1 aromatic rings. The first-order valence-corrected chi connectivity index (χ1v) is 5.49. The number of non-ortho nitro benzene ring substituents is 1. The van der Waals surface area contributed by atoms with E-state index in [1.54, 1.807) is 6.07 Å². The first-order chi connectivity index (χ1) is 8.49. The number of nitrogens with two attached hydrogens (primary N) is 1. The van der Waals surface area contributed by atoms with Gasteiger partial charge in [0.15, 0.2) is 0 Å². The molecule has 2 atom stereocenters. The van der Waals surface area contributed by atoms with Gasteiger partial charge in [0.1, 0.15) is 0 Å². The molecule has 2 unspecified atom stereocenters. The Morgan fingerprint density at radius 3 is 2.94 bits per heavy atom. The quantitative estimate of drug-likeness (QED) is 0.479. The predicted molar refractivity (Wildman–Crippen MR) is 62.0 cm³/mol. The summed E-state index contributed by atoms with van der Waals surface area (Å²) < 4.78 is 0. The van der Waals surface area contributed by atoms with Gasteiger partial charge in [-0.05, 0) is 23.8 Å². The first-order valence-electron chi connectivity index (χ1n) is 5.49. The summed E-state index contributed by atoms with van der Waals surface area (Å²) in [6, 6.07) is 5.51. The van der Waals surface area contributed by atoms with E-state index in [1.165, 1.54) is 12.1 Å². The Labute approximate surface area is 103 Å². The summed E-state index contributed by atoms with van der Waals surface area (Å²) in [4.78, 5) is 20.9. The second-order valence-corrected chi connectivity index (χ2v) is 4.37. The van der Waals surface area contributed by atoms with Crippen LogP contribution >= 0.6 is 0 Å². The molecule has 2 rings (SSSR count). The van der Waals surface area contributed by atoms with Crippen LogP contribution in [0.5, 0.6) is 0 Å². The van der Waals surface area contributed by atoms with Gasteiger partial charge in [-0.2, -0.15) is 0 Å². The Bertz CT molecular complexity index is 491. The molecule has 1 aromatic carbocycles. The lowest BCUT2D eigenvalue weighted by atomic mass is 10.1. The minimum absolute atomic E-state index is 0.0499. The van der Waals surface area contributed by atoms with Gasteiger partial charge < -0.3 is 5.73 Å². The summed E-state index contributed by atoms with van der Waals surface area (Å²) in [5.41, 5.74) is 5.81. The van der Waals surface area contributed by atoms with E-state index in [0.29, 0.717) is 5.06 Å². The topological polar surface area (TPSA) is 110 Å². The molecule has 1 aliphatic rings. The van der Waals surface area contributed by atoms with Crippen LogP contribution < -0.4 is 5.73 Å². The van der Waals surface area contributed by atoms with Crippen LogP contribution in [0.25, 0.3) is 0 Å². The van der Waals surface area contributed by atoms with Crippen LogP contribution in [0.4, 0.5) is 10.5 Å². The molecule has 1 aliphatic carbocycles. The second-order valence-electron chi connectivity index (χ2n) is 4.37. The third kappa shape index (κ3) is 2.57. The van der Waals surface area contributed by atoms with Gasteiger partial charge in [-0.1, -0.05) is 12.1 Å². The minimum atomic E-state index is -0.889. The summed E-state index contributed by atoms with van der Waals surface area (Å²) in [5, 5.41) is 20.3. The van der Waals surface area contributed by atoms with Crippen molar-refractivity contribution in [2.24, 2.45) is 11.7 Å². The highest BCUT2D eigenvalue weighted by molar-refractivity contribution is 5.70. The Balaban J connectivity index is 2.01. The number of nitro groups is 1. The van der Waals surface area contributed by atoms with Crippen molar-refractivity contribution in [3.63, 3.8) is 0 Å². The van der Waals surface area contributed by atoms with Gasteiger partial charge in [0.2, 0.25) is 0 Å². The van der Waals surface area contributed by atoms with Crippen LogP contribution in [0.3, 0.4) is 0 Å². The maximum atomic E-state index is 10.7. The molecule has 0 bridgehead atoms. The zero-order valence-electron chi connectivity index (χ0n) is 9.52. The van der Waals surface area contributed by atoms with E-state index >= 15 is 0 Å². The second kappa shape index (κ2) is 4.61. The van der Waals surface area contributed by atoms with Crippen LogP contribution in [0.15, 0.2) is 24.3 Å². The van der Waals surface area contributed by atoms with Crippen LogP contribution in [0.1, 0.15) is 17.9 Å². The monoisotopic (exact) mass is 251 g/mol. The van der Waals surface area contributed by atoms with Crippen molar-refractivity contribution in [3.8, 4) is 0 Å². The molecular formula is C11H13N3O4. The van der Waals surface area contributed by atoms with E-state index in [9.17, 15) is 20.1 Å². The maximum absolute atomic E-state index is 10.7. The van der Waals surface area contributed by atoms with Gasteiger partial charge in [0.25, 0.3) is 5.69 Å². The van der Waals surface area contributed by atoms with Gasteiger partial charge >= 0.3 is 6.03 Å². The van der Waals surface area contributed by atoms with Crippen molar-refractivity contribution >= 4 is 11.7 Å². The third-order valence-corrected chi connectivity index (χ3v) is 3.09. The molecule has 0 spiro atoms. The third-order valence-electron chi connectivity index (χ3n) is 3.09. The summed E-state index contributed by atoms with van der Waals surface area (Å²) in [6.07, 6.45) is 0.783. The lowest BCUT2D eigenvalue weighted by Crippen LogP contribution is -2.34. The fraction of sp³-hybridized carbons (Fsp3) is 0.364. The van der Waals surface area contributed by atoms with Crippen molar-refractivity contribution in [1.29, 1.82) is 0 Å². The predicted octanol–water partition coefficient (Wildman–Crippen LogP) is 1.47. The van der Waals surface area contributed by atoms with Crippen molar-refractivity contribution in [1.82, 2.24) is 5.06 Å². The number of carbonyl (C=O) groups excluding carboxylic acids is 1. The fourth-order valence-electron chi connectivity index (χ4n) is 2.04. The number of carbonyl (C=O) groups is 1. The number of rotatable bonds is 4. The Hall–Kier alpha value is -2.15.